The number of nitrogens with zero attached hydrogens (tertiary/aromatic N) is 5. The molecule has 1 amide bonds. The van der Waals surface area contributed by atoms with Crippen LogP contribution in [0.3, 0.4) is 0 Å². The third-order valence-electron chi connectivity index (χ3n) is 9.20. The molecule has 7 rings (SSSR count). The molecule has 0 unspecified atom stereocenters. The Kier molecular flexibility index (Phi) is 8.17. The summed E-state index contributed by atoms with van der Waals surface area (Å²) in [6.07, 6.45) is 5.51. The number of carbonyl (C=O) groups is 1. The zero-order valence-electron chi connectivity index (χ0n) is 26.3. The van der Waals surface area contributed by atoms with Crippen LogP contribution in [0.5, 0.6) is 0 Å². The number of alkyl halides is 3. The van der Waals surface area contributed by atoms with E-state index in [9.17, 15) is 18.0 Å². The molecule has 3 aromatic carbocycles. The Morgan fingerprint density at radius 3 is 2.55 bits per heavy atom. The van der Waals surface area contributed by atoms with E-state index in [1.165, 1.54) is 17.7 Å². The molecule has 8 nitrogen and oxygen atoms in total. The van der Waals surface area contributed by atoms with Gasteiger partial charge in [0.2, 0.25) is 5.95 Å². The van der Waals surface area contributed by atoms with Crippen LogP contribution in [-0.2, 0) is 6.18 Å². The van der Waals surface area contributed by atoms with Gasteiger partial charge in [0, 0.05) is 23.3 Å². The molecule has 1 saturated heterocycles. The van der Waals surface area contributed by atoms with Crippen LogP contribution in [0.25, 0.3) is 22.0 Å². The second-order valence-corrected chi connectivity index (χ2v) is 12.7. The number of aromatic nitrogens is 4. The predicted octanol–water partition coefficient (Wildman–Crippen LogP) is 7.89. The first kappa shape index (κ1) is 30.9. The van der Waals surface area contributed by atoms with Crippen molar-refractivity contribution < 1.29 is 18.0 Å². The van der Waals surface area contributed by atoms with Crippen molar-refractivity contribution in [1.82, 2.24) is 30.0 Å². The topological polar surface area (TPSA) is 88.0 Å². The molecular formula is C36H36F3N7O. The van der Waals surface area contributed by atoms with Crippen molar-refractivity contribution >= 4 is 28.4 Å². The highest BCUT2D eigenvalue weighted by Gasteiger charge is 2.31. The molecule has 242 valence electrons. The minimum absolute atomic E-state index is 0.0315. The van der Waals surface area contributed by atoms with Crippen LogP contribution in [0.15, 0.2) is 79.3 Å². The maximum atomic E-state index is 13.2. The quantitative estimate of drug-likeness (QED) is 0.180. The molecule has 11 heteroatoms. The van der Waals surface area contributed by atoms with Crippen LogP contribution in [0.4, 0.5) is 24.8 Å². The Hall–Kier alpha value is -4.77. The van der Waals surface area contributed by atoms with Crippen molar-refractivity contribution in [1.29, 1.82) is 0 Å². The van der Waals surface area contributed by atoms with Gasteiger partial charge in [-0.3, -0.25) is 9.48 Å². The van der Waals surface area contributed by atoms with Gasteiger partial charge in [-0.2, -0.15) is 18.3 Å². The average Bonchev–Trinajstić information content (AvgIpc) is 3.82. The zero-order chi connectivity index (χ0) is 32.7. The van der Waals surface area contributed by atoms with E-state index in [0.717, 1.165) is 84.2 Å². The molecule has 2 fully saturated rings. The van der Waals surface area contributed by atoms with Crippen LogP contribution in [0.2, 0.25) is 0 Å². The van der Waals surface area contributed by atoms with Gasteiger partial charge in [0.25, 0.3) is 5.91 Å². The number of halogens is 3. The molecule has 0 spiro atoms. The number of hydrogen-bond acceptors (Lipinski definition) is 6. The maximum Gasteiger partial charge on any atom is 0.416 e. The molecule has 2 N–H and O–H groups in total. The van der Waals surface area contributed by atoms with Crippen LogP contribution in [-0.4, -0.2) is 50.7 Å². The lowest BCUT2D eigenvalue weighted by molar-refractivity contribution is -0.137. The molecule has 0 radical (unpaired) electrons. The first-order valence-electron chi connectivity index (χ1n) is 16.0. The summed E-state index contributed by atoms with van der Waals surface area (Å²) in [7, 11) is 2.15. The van der Waals surface area contributed by atoms with Gasteiger partial charge in [-0.15, -0.1) is 0 Å². The lowest BCUT2D eigenvalue weighted by atomic mass is 9.92. The fourth-order valence-corrected chi connectivity index (χ4v) is 6.30. The van der Waals surface area contributed by atoms with Gasteiger partial charge in [-0.1, -0.05) is 24.3 Å². The Bertz CT molecular complexity index is 1930. The van der Waals surface area contributed by atoms with Gasteiger partial charge < -0.3 is 15.5 Å². The van der Waals surface area contributed by atoms with Gasteiger partial charge >= 0.3 is 6.18 Å². The SMILES string of the molecule is C[C@H](NC(=O)c1cccc(C(F)(F)F)c1)c1ccc(C2CC2)c(-c2ccc3nc(Nc4cnn(C5CCN(C)CC5)c4)ncc3c2)c1. The van der Waals surface area contributed by atoms with Crippen molar-refractivity contribution in [3.05, 3.63) is 102 Å². The summed E-state index contributed by atoms with van der Waals surface area (Å²) in [5, 5.41) is 11.6. The summed E-state index contributed by atoms with van der Waals surface area (Å²) in [4.78, 5) is 24.6. The van der Waals surface area contributed by atoms with E-state index in [2.05, 4.69) is 50.9 Å². The van der Waals surface area contributed by atoms with Crippen molar-refractivity contribution in [2.24, 2.45) is 0 Å². The molecule has 1 atom stereocenters. The summed E-state index contributed by atoms with van der Waals surface area (Å²) in [6, 6.07) is 16.7. The van der Waals surface area contributed by atoms with Gasteiger partial charge in [-0.05, 0) is 117 Å². The standard InChI is InChI=1S/C36H36F3N7O/c1-22(42-34(47)26-4-3-5-28(17-26)36(37,38)39)24-8-10-31(23-6-7-23)32(18-24)25-9-11-33-27(16-25)19-40-35(44-33)43-29-20-41-46(21-29)30-12-14-45(2)15-13-30/h3-5,8-11,16-23,30H,6-7,12-15H2,1-2H3,(H,42,47)(H,40,43,44)/t22-/m0/s1. The van der Waals surface area contributed by atoms with E-state index in [1.807, 2.05) is 48.4 Å². The van der Waals surface area contributed by atoms with E-state index < -0.39 is 23.7 Å². The summed E-state index contributed by atoms with van der Waals surface area (Å²) >= 11 is 0. The van der Waals surface area contributed by atoms with Gasteiger partial charge in [0.15, 0.2) is 0 Å². The maximum absolute atomic E-state index is 13.2. The monoisotopic (exact) mass is 639 g/mol. The second-order valence-electron chi connectivity index (χ2n) is 12.7. The third kappa shape index (κ3) is 6.85. The second kappa shape index (κ2) is 12.4. The van der Waals surface area contributed by atoms with Gasteiger partial charge in [0.1, 0.15) is 0 Å². The first-order chi connectivity index (χ1) is 22.6. The number of likely N-dealkylation sites (tertiary alicyclic amines) is 1. The number of rotatable bonds is 8. The van der Waals surface area contributed by atoms with E-state index in [-0.39, 0.29) is 5.56 Å². The number of piperidine rings is 1. The average molecular weight is 640 g/mol. The number of amides is 1. The Morgan fingerprint density at radius 2 is 1.79 bits per heavy atom. The number of carbonyl (C=O) groups excluding carboxylic acids is 1. The van der Waals surface area contributed by atoms with E-state index in [1.54, 1.807) is 0 Å². The number of nitrogens with one attached hydrogen (secondary N) is 2. The summed E-state index contributed by atoms with van der Waals surface area (Å²) < 4.78 is 41.6. The van der Waals surface area contributed by atoms with Crippen molar-refractivity contribution in [2.45, 2.75) is 56.8 Å². The smallest absolute Gasteiger partial charge is 0.346 e. The minimum atomic E-state index is -4.52. The number of hydrogen-bond donors (Lipinski definition) is 2. The molecule has 1 aliphatic carbocycles. The molecule has 2 aliphatic rings. The molecular weight excluding hydrogens is 603 g/mol. The van der Waals surface area contributed by atoms with Crippen LogP contribution < -0.4 is 10.6 Å². The Morgan fingerprint density at radius 1 is 0.979 bits per heavy atom. The zero-order valence-corrected chi connectivity index (χ0v) is 26.3. The van der Waals surface area contributed by atoms with Crippen molar-refractivity contribution in [3.8, 4) is 11.1 Å². The Labute approximate surface area is 271 Å². The van der Waals surface area contributed by atoms with E-state index in [0.29, 0.717) is 17.9 Å². The largest absolute Gasteiger partial charge is 0.416 e. The highest BCUT2D eigenvalue weighted by atomic mass is 19.4. The highest BCUT2D eigenvalue weighted by Crippen LogP contribution is 2.45. The minimum Gasteiger partial charge on any atom is -0.346 e. The Balaban J connectivity index is 1.09. The normalized spacial score (nSPS) is 16.7. The fourth-order valence-electron chi connectivity index (χ4n) is 6.30. The van der Waals surface area contributed by atoms with Crippen molar-refractivity contribution in [2.75, 3.05) is 25.5 Å². The van der Waals surface area contributed by atoms with Gasteiger partial charge in [0.05, 0.1) is 35.0 Å². The molecule has 0 bridgehead atoms. The molecule has 1 saturated carbocycles. The number of fused-ring (bicyclic) bond motifs is 1. The fraction of sp³-hybridized carbons (Fsp3) is 0.333. The highest BCUT2D eigenvalue weighted by molar-refractivity contribution is 5.94. The number of benzene rings is 3. The van der Waals surface area contributed by atoms with Gasteiger partial charge in [-0.25, -0.2) is 9.97 Å². The summed E-state index contributed by atoms with van der Waals surface area (Å²) in [5.74, 6) is 0.417. The summed E-state index contributed by atoms with van der Waals surface area (Å²) in [6.45, 7) is 3.96. The molecule has 5 aromatic rings. The lowest BCUT2D eigenvalue weighted by Crippen LogP contribution is -2.31. The third-order valence-corrected chi connectivity index (χ3v) is 9.20. The van der Waals surface area contributed by atoms with Crippen molar-refractivity contribution in [3.63, 3.8) is 0 Å². The van der Waals surface area contributed by atoms with Crippen LogP contribution in [0, 0.1) is 0 Å². The van der Waals surface area contributed by atoms with E-state index >= 15 is 0 Å². The van der Waals surface area contributed by atoms with Crippen LogP contribution >= 0.6 is 0 Å². The summed E-state index contributed by atoms with van der Waals surface area (Å²) in [5.41, 5.74) is 4.95. The molecule has 1 aliphatic heterocycles. The van der Waals surface area contributed by atoms with E-state index in [4.69, 9.17) is 4.98 Å². The van der Waals surface area contributed by atoms with Crippen LogP contribution in [0.1, 0.15) is 77.7 Å². The lowest BCUT2D eigenvalue weighted by Gasteiger charge is -2.28. The number of anilines is 2. The first-order valence-corrected chi connectivity index (χ1v) is 16.0. The predicted molar refractivity (Wildman–Crippen MR) is 176 cm³/mol. The molecule has 47 heavy (non-hydrogen) atoms. The molecule has 2 aromatic heterocycles. The molecule has 3 heterocycles.